The van der Waals surface area contributed by atoms with Crippen LogP contribution in [0.5, 0.6) is 0 Å². The zero-order chi connectivity index (χ0) is 17.3. The van der Waals surface area contributed by atoms with Gasteiger partial charge in [0.05, 0.1) is 18.1 Å². The van der Waals surface area contributed by atoms with Gasteiger partial charge in [-0.3, -0.25) is 9.69 Å². The van der Waals surface area contributed by atoms with Gasteiger partial charge in [-0.1, -0.05) is 0 Å². The molecule has 0 bridgehead atoms. The molecule has 1 amide bonds. The first-order valence-corrected chi connectivity index (χ1v) is 8.52. The van der Waals surface area contributed by atoms with Gasteiger partial charge in [0.15, 0.2) is 0 Å². The Morgan fingerprint density at radius 2 is 2.12 bits per heavy atom. The smallest absolute Gasteiger partial charge is 0.270 e. The van der Waals surface area contributed by atoms with E-state index >= 15 is 0 Å². The molecule has 0 spiro atoms. The van der Waals surface area contributed by atoms with Crippen LogP contribution in [-0.4, -0.2) is 57.0 Å². The summed E-state index contributed by atoms with van der Waals surface area (Å²) in [6.07, 6.45) is 8.02. The first kappa shape index (κ1) is 16.8. The lowest BCUT2D eigenvalue weighted by atomic mass is 9.87. The van der Waals surface area contributed by atoms with Crippen LogP contribution in [0.25, 0.3) is 0 Å². The van der Waals surface area contributed by atoms with Gasteiger partial charge in [0.2, 0.25) is 0 Å². The molecule has 1 aliphatic rings. The van der Waals surface area contributed by atoms with Crippen LogP contribution in [0.15, 0.2) is 30.9 Å². The number of hydrogen-bond acceptors (Lipinski definition) is 3. The number of amides is 1. The number of rotatable bonds is 4. The van der Waals surface area contributed by atoms with E-state index in [0.717, 1.165) is 25.2 Å². The molecule has 0 aromatic carbocycles. The van der Waals surface area contributed by atoms with E-state index in [-0.39, 0.29) is 5.91 Å². The average molecular weight is 329 g/mol. The monoisotopic (exact) mass is 329 g/mol. The maximum absolute atomic E-state index is 12.7. The predicted octanol–water partition coefficient (Wildman–Crippen LogP) is 1.91. The summed E-state index contributed by atoms with van der Waals surface area (Å²) >= 11 is 0. The Hall–Kier alpha value is -2.08. The zero-order valence-electron chi connectivity index (χ0n) is 15.0. The second kappa shape index (κ2) is 6.81. The summed E-state index contributed by atoms with van der Waals surface area (Å²) in [5.74, 6) is 0.493. The molecule has 1 fully saturated rings. The molecule has 0 aliphatic carbocycles. The molecule has 130 valence electrons. The summed E-state index contributed by atoms with van der Waals surface area (Å²) in [5, 5.41) is 0. The molecule has 1 aliphatic heterocycles. The predicted molar refractivity (Wildman–Crippen MR) is 93.7 cm³/mol. The number of likely N-dealkylation sites (tertiary alicyclic amines) is 1. The van der Waals surface area contributed by atoms with Crippen LogP contribution in [0.1, 0.15) is 35.1 Å². The highest BCUT2D eigenvalue weighted by molar-refractivity contribution is 5.92. The highest BCUT2D eigenvalue weighted by Crippen LogP contribution is 2.35. The number of imidazole rings is 1. The molecule has 2 aromatic rings. The molecule has 2 aromatic heterocycles. The molecule has 2 atom stereocenters. The normalized spacial score (nSPS) is 21.8. The van der Waals surface area contributed by atoms with Crippen molar-refractivity contribution in [3.63, 3.8) is 0 Å². The number of hydrogen-bond donors (Lipinski definition) is 0. The van der Waals surface area contributed by atoms with Gasteiger partial charge in [-0.15, -0.1) is 0 Å². The van der Waals surface area contributed by atoms with Crippen LogP contribution in [0.3, 0.4) is 0 Å². The van der Waals surface area contributed by atoms with Gasteiger partial charge in [-0.05, 0) is 44.5 Å². The van der Waals surface area contributed by atoms with Crippen molar-refractivity contribution >= 4 is 5.91 Å². The second-order valence-electron chi connectivity index (χ2n) is 6.95. The summed E-state index contributed by atoms with van der Waals surface area (Å²) < 4.78 is 3.98. The third-order valence-electron chi connectivity index (χ3n) is 5.18. The van der Waals surface area contributed by atoms with Crippen LogP contribution < -0.4 is 0 Å². The fourth-order valence-corrected chi connectivity index (χ4v) is 3.88. The highest BCUT2D eigenvalue weighted by atomic mass is 16.2. The molecule has 0 unspecified atom stereocenters. The third-order valence-corrected chi connectivity index (χ3v) is 5.18. The Morgan fingerprint density at radius 3 is 2.75 bits per heavy atom. The molecule has 6 nitrogen and oxygen atoms in total. The second-order valence-corrected chi connectivity index (χ2v) is 6.95. The lowest BCUT2D eigenvalue weighted by Crippen LogP contribution is -2.43. The van der Waals surface area contributed by atoms with Crippen molar-refractivity contribution < 1.29 is 4.79 Å². The topological polar surface area (TPSA) is 46.3 Å². The van der Waals surface area contributed by atoms with Gasteiger partial charge in [0.1, 0.15) is 5.69 Å². The van der Waals surface area contributed by atoms with Crippen LogP contribution in [0, 0.1) is 5.92 Å². The van der Waals surface area contributed by atoms with Gasteiger partial charge < -0.3 is 14.0 Å². The van der Waals surface area contributed by atoms with Gasteiger partial charge in [0, 0.05) is 40.1 Å². The quantitative estimate of drug-likeness (QED) is 0.861. The maximum atomic E-state index is 12.7. The van der Waals surface area contributed by atoms with Gasteiger partial charge in [0.25, 0.3) is 5.91 Å². The lowest BCUT2D eigenvalue weighted by molar-refractivity contribution is 0.0625. The molecular weight excluding hydrogens is 302 g/mol. The minimum Gasteiger partial charge on any atom is -0.347 e. The third kappa shape index (κ3) is 3.11. The highest BCUT2D eigenvalue weighted by Gasteiger charge is 2.34. The van der Waals surface area contributed by atoms with Crippen LogP contribution in [0.2, 0.25) is 0 Å². The van der Waals surface area contributed by atoms with E-state index in [4.69, 9.17) is 0 Å². The maximum Gasteiger partial charge on any atom is 0.270 e. The van der Waals surface area contributed by atoms with Crippen molar-refractivity contribution in [3.05, 3.63) is 42.2 Å². The number of aryl methyl sites for hydroxylation is 2. The average Bonchev–Trinajstić information content (AvgIpc) is 3.15. The van der Waals surface area contributed by atoms with Crippen molar-refractivity contribution in [2.24, 2.45) is 20.0 Å². The molecular formula is C18H27N5O. The molecule has 0 saturated carbocycles. The standard InChI is InChI=1S/C18H27N5O/c1-20-9-6-8-15(20)18(24)22(3)12-14-7-5-10-21(2)17(14)16-11-19-13-23(16)4/h6,8-9,11,13-14,17H,5,7,10,12H2,1-4H3/t14-,17+/m0/s1. The summed E-state index contributed by atoms with van der Waals surface area (Å²) in [6, 6.07) is 4.09. The molecule has 24 heavy (non-hydrogen) atoms. The number of carbonyl (C=O) groups excluding carboxylic acids is 1. The van der Waals surface area contributed by atoms with Crippen molar-refractivity contribution in [1.29, 1.82) is 0 Å². The molecule has 6 heteroatoms. The first-order valence-electron chi connectivity index (χ1n) is 8.52. The number of carbonyl (C=O) groups is 1. The van der Waals surface area contributed by atoms with Crippen LogP contribution in [-0.2, 0) is 14.1 Å². The number of piperidine rings is 1. The Morgan fingerprint density at radius 1 is 1.33 bits per heavy atom. The Labute approximate surface area is 143 Å². The van der Waals surface area contributed by atoms with Crippen molar-refractivity contribution in [3.8, 4) is 0 Å². The Kier molecular flexibility index (Phi) is 4.76. The van der Waals surface area contributed by atoms with Crippen molar-refractivity contribution in [2.45, 2.75) is 18.9 Å². The number of nitrogens with zero attached hydrogens (tertiary/aromatic N) is 5. The minimum atomic E-state index is 0.0829. The van der Waals surface area contributed by atoms with E-state index in [9.17, 15) is 4.79 Å². The minimum absolute atomic E-state index is 0.0829. The summed E-state index contributed by atoms with van der Waals surface area (Å²) in [5.41, 5.74) is 1.96. The number of aromatic nitrogens is 3. The van der Waals surface area contributed by atoms with E-state index < -0.39 is 0 Å². The fourth-order valence-electron chi connectivity index (χ4n) is 3.88. The molecule has 1 saturated heterocycles. The summed E-state index contributed by atoms with van der Waals surface area (Å²) in [7, 11) is 8.03. The van der Waals surface area contributed by atoms with E-state index in [1.54, 1.807) is 0 Å². The van der Waals surface area contributed by atoms with Gasteiger partial charge in [-0.25, -0.2) is 4.98 Å². The molecule has 0 N–H and O–H groups in total. The molecule has 0 radical (unpaired) electrons. The van der Waals surface area contributed by atoms with Crippen molar-refractivity contribution in [2.75, 3.05) is 27.2 Å². The molecule has 3 heterocycles. The SMILES string of the molecule is CN(C[C@@H]1CCCN(C)[C@H]1c1cncn1C)C(=O)c1cccn1C. The summed E-state index contributed by atoms with van der Waals surface area (Å²) in [6.45, 7) is 1.84. The summed E-state index contributed by atoms with van der Waals surface area (Å²) in [4.78, 5) is 21.3. The Bertz CT molecular complexity index is 704. The van der Waals surface area contributed by atoms with Crippen LogP contribution in [0.4, 0.5) is 0 Å². The van der Waals surface area contributed by atoms with Gasteiger partial charge in [-0.2, -0.15) is 0 Å². The Balaban J connectivity index is 1.78. The lowest BCUT2D eigenvalue weighted by Gasteiger charge is -2.40. The zero-order valence-corrected chi connectivity index (χ0v) is 15.0. The fraction of sp³-hybridized carbons (Fsp3) is 0.556. The van der Waals surface area contributed by atoms with E-state index in [1.165, 1.54) is 12.1 Å². The first-order chi connectivity index (χ1) is 11.5. The van der Waals surface area contributed by atoms with Crippen LogP contribution >= 0.6 is 0 Å². The van der Waals surface area contributed by atoms with E-state index in [0.29, 0.717) is 12.0 Å². The van der Waals surface area contributed by atoms with E-state index in [1.807, 2.05) is 61.5 Å². The largest absolute Gasteiger partial charge is 0.347 e. The van der Waals surface area contributed by atoms with Crippen molar-refractivity contribution in [1.82, 2.24) is 23.9 Å². The molecule has 3 rings (SSSR count). The van der Waals surface area contributed by atoms with E-state index in [2.05, 4.69) is 21.5 Å². The van der Waals surface area contributed by atoms with Gasteiger partial charge >= 0.3 is 0 Å².